The maximum Gasteiger partial charge on any atom is 0.184 e. The summed E-state index contributed by atoms with van der Waals surface area (Å²) in [7, 11) is 0. The minimum absolute atomic E-state index is 0.332. The number of benzene rings is 1. The molecule has 6 N–H and O–H groups in total. The van der Waals surface area contributed by atoms with Crippen LogP contribution in [-0.2, 0) is 6.42 Å². The SMILES string of the molecule is NCCC1(N)N=CC=C(NC2CCc3ccccc32)N1. The van der Waals surface area contributed by atoms with Crippen molar-refractivity contribution in [1.29, 1.82) is 0 Å². The normalized spacial score (nSPS) is 27.7. The van der Waals surface area contributed by atoms with Crippen LogP contribution < -0.4 is 22.1 Å². The largest absolute Gasteiger partial charge is 0.365 e. The molecule has 3 rings (SSSR count). The van der Waals surface area contributed by atoms with Crippen LogP contribution in [0.5, 0.6) is 0 Å². The average molecular weight is 271 g/mol. The zero-order chi connectivity index (χ0) is 14.0. The fourth-order valence-corrected chi connectivity index (χ4v) is 2.88. The van der Waals surface area contributed by atoms with Crippen LogP contribution in [-0.4, -0.2) is 18.5 Å². The highest BCUT2D eigenvalue weighted by atomic mass is 15.3. The van der Waals surface area contributed by atoms with E-state index < -0.39 is 5.79 Å². The fourth-order valence-electron chi connectivity index (χ4n) is 2.88. The second-order valence-corrected chi connectivity index (χ2v) is 5.38. The summed E-state index contributed by atoms with van der Waals surface area (Å²) in [6, 6.07) is 8.90. The molecule has 2 atom stereocenters. The van der Waals surface area contributed by atoms with Crippen LogP contribution in [0.2, 0.25) is 0 Å². The zero-order valence-electron chi connectivity index (χ0n) is 11.5. The van der Waals surface area contributed by atoms with Crippen molar-refractivity contribution in [2.75, 3.05) is 6.54 Å². The molecule has 5 heteroatoms. The molecule has 0 bridgehead atoms. The number of aryl methyl sites for hydroxylation is 1. The first kappa shape index (κ1) is 13.1. The van der Waals surface area contributed by atoms with Gasteiger partial charge in [0.15, 0.2) is 5.79 Å². The predicted octanol–water partition coefficient (Wildman–Crippen LogP) is 0.740. The molecule has 106 valence electrons. The highest BCUT2D eigenvalue weighted by molar-refractivity contribution is 5.73. The Morgan fingerprint density at radius 1 is 1.40 bits per heavy atom. The van der Waals surface area contributed by atoms with E-state index in [0.717, 1.165) is 18.7 Å². The van der Waals surface area contributed by atoms with Crippen LogP contribution in [0, 0.1) is 0 Å². The molecule has 0 saturated carbocycles. The van der Waals surface area contributed by atoms with Crippen molar-refractivity contribution in [3.63, 3.8) is 0 Å². The molecule has 0 spiro atoms. The summed E-state index contributed by atoms with van der Waals surface area (Å²) >= 11 is 0. The van der Waals surface area contributed by atoms with Gasteiger partial charge in [0.1, 0.15) is 5.82 Å². The molecule has 2 unspecified atom stereocenters. The number of aliphatic imine (C=N–C) groups is 1. The summed E-state index contributed by atoms with van der Waals surface area (Å²) in [5, 5.41) is 6.76. The molecule has 1 aromatic rings. The molecule has 2 aliphatic rings. The van der Waals surface area contributed by atoms with Gasteiger partial charge in [0, 0.05) is 12.6 Å². The molecular formula is C15H21N5. The number of nitrogens with two attached hydrogens (primary N) is 2. The Labute approximate surface area is 119 Å². The smallest absolute Gasteiger partial charge is 0.184 e. The Morgan fingerprint density at radius 3 is 3.10 bits per heavy atom. The van der Waals surface area contributed by atoms with E-state index in [1.165, 1.54) is 11.1 Å². The number of hydrogen-bond donors (Lipinski definition) is 4. The zero-order valence-corrected chi connectivity index (χ0v) is 11.5. The van der Waals surface area contributed by atoms with Crippen LogP contribution >= 0.6 is 0 Å². The molecule has 20 heavy (non-hydrogen) atoms. The van der Waals surface area contributed by atoms with E-state index in [0.29, 0.717) is 19.0 Å². The Balaban J connectivity index is 1.71. The predicted molar refractivity (Wildman–Crippen MR) is 80.9 cm³/mol. The third-order valence-corrected chi connectivity index (χ3v) is 3.89. The van der Waals surface area contributed by atoms with Crippen LogP contribution in [0.4, 0.5) is 0 Å². The summed E-state index contributed by atoms with van der Waals surface area (Å²) in [5.74, 6) is 0.127. The van der Waals surface area contributed by atoms with E-state index in [1.54, 1.807) is 6.21 Å². The Morgan fingerprint density at radius 2 is 2.25 bits per heavy atom. The van der Waals surface area contributed by atoms with Gasteiger partial charge in [0.05, 0.1) is 6.04 Å². The van der Waals surface area contributed by atoms with E-state index >= 15 is 0 Å². The highest BCUT2D eigenvalue weighted by Crippen LogP contribution is 2.31. The molecule has 0 fully saturated rings. The van der Waals surface area contributed by atoms with Crippen molar-refractivity contribution in [2.45, 2.75) is 31.1 Å². The van der Waals surface area contributed by atoms with E-state index in [-0.39, 0.29) is 0 Å². The van der Waals surface area contributed by atoms with Gasteiger partial charge < -0.3 is 16.4 Å². The molecule has 1 aliphatic heterocycles. The lowest BCUT2D eigenvalue weighted by molar-refractivity contribution is 0.341. The van der Waals surface area contributed by atoms with E-state index in [4.69, 9.17) is 11.5 Å². The van der Waals surface area contributed by atoms with Crippen molar-refractivity contribution in [2.24, 2.45) is 16.5 Å². The first-order chi connectivity index (χ1) is 9.70. The van der Waals surface area contributed by atoms with Crippen LogP contribution in [0.15, 0.2) is 41.2 Å². The number of nitrogens with one attached hydrogen (secondary N) is 2. The molecule has 0 saturated heterocycles. The van der Waals surface area contributed by atoms with Crippen LogP contribution in [0.25, 0.3) is 0 Å². The van der Waals surface area contributed by atoms with Crippen LogP contribution in [0.3, 0.4) is 0 Å². The molecule has 1 aliphatic carbocycles. The molecule has 0 amide bonds. The van der Waals surface area contributed by atoms with Gasteiger partial charge in [-0.1, -0.05) is 24.3 Å². The topological polar surface area (TPSA) is 88.5 Å². The summed E-state index contributed by atoms with van der Waals surface area (Å²) in [6.45, 7) is 0.500. The van der Waals surface area contributed by atoms with Gasteiger partial charge in [-0.3, -0.25) is 10.7 Å². The monoisotopic (exact) mass is 271 g/mol. The second-order valence-electron chi connectivity index (χ2n) is 5.38. The van der Waals surface area contributed by atoms with Gasteiger partial charge in [-0.2, -0.15) is 0 Å². The third kappa shape index (κ3) is 2.55. The fraction of sp³-hybridized carbons (Fsp3) is 0.400. The Bertz CT molecular complexity index is 551. The molecule has 0 radical (unpaired) electrons. The lowest BCUT2D eigenvalue weighted by Crippen LogP contribution is -2.56. The van der Waals surface area contributed by atoms with Gasteiger partial charge in [0.25, 0.3) is 0 Å². The van der Waals surface area contributed by atoms with Crippen molar-refractivity contribution in [3.8, 4) is 0 Å². The lowest BCUT2D eigenvalue weighted by Gasteiger charge is -2.32. The van der Waals surface area contributed by atoms with Gasteiger partial charge in [0.2, 0.25) is 0 Å². The average Bonchev–Trinajstić information content (AvgIpc) is 2.82. The van der Waals surface area contributed by atoms with Gasteiger partial charge in [-0.05, 0) is 36.6 Å². The van der Waals surface area contributed by atoms with E-state index in [1.807, 2.05) is 6.08 Å². The first-order valence-electron chi connectivity index (χ1n) is 7.07. The van der Waals surface area contributed by atoms with Crippen LogP contribution in [0.1, 0.15) is 30.0 Å². The summed E-state index contributed by atoms with van der Waals surface area (Å²) < 4.78 is 0. The third-order valence-electron chi connectivity index (χ3n) is 3.89. The number of hydrogen-bond acceptors (Lipinski definition) is 5. The molecule has 1 aromatic carbocycles. The van der Waals surface area contributed by atoms with E-state index in [9.17, 15) is 0 Å². The lowest BCUT2D eigenvalue weighted by atomic mass is 10.1. The summed E-state index contributed by atoms with van der Waals surface area (Å²) in [5.41, 5.74) is 14.5. The highest BCUT2D eigenvalue weighted by Gasteiger charge is 2.28. The maximum atomic E-state index is 6.16. The van der Waals surface area contributed by atoms with Crippen molar-refractivity contribution in [3.05, 3.63) is 47.3 Å². The minimum Gasteiger partial charge on any atom is -0.365 e. The quantitative estimate of drug-likeness (QED) is 0.650. The van der Waals surface area contributed by atoms with Crippen molar-refractivity contribution >= 4 is 6.21 Å². The van der Waals surface area contributed by atoms with Gasteiger partial charge >= 0.3 is 0 Å². The Kier molecular flexibility index (Phi) is 3.46. The second kappa shape index (κ2) is 5.26. The van der Waals surface area contributed by atoms with Crippen molar-refractivity contribution in [1.82, 2.24) is 10.6 Å². The first-order valence-corrected chi connectivity index (χ1v) is 7.07. The van der Waals surface area contributed by atoms with Crippen molar-refractivity contribution < 1.29 is 0 Å². The molecule has 0 aromatic heterocycles. The maximum absolute atomic E-state index is 6.16. The van der Waals surface area contributed by atoms with Gasteiger partial charge in [-0.25, -0.2) is 0 Å². The summed E-state index contributed by atoms with van der Waals surface area (Å²) in [4.78, 5) is 4.27. The summed E-state index contributed by atoms with van der Waals surface area (Å²) in [6.07, 6.45) is 6.48. The standard InChI is InChI=1S/C15H21N5/c16-9-8-15(17)18-10-7-14(20-15)19-13-6-5-11-3-1-2-4-12(11)13/h1-4,7,10,13,19-20H,5-6,8-9,16-17H2. The Hall–Kier alpha value is -1.85. The molecule has 5 nitrogen and oxygen atoms in total. The van der Waals surface area contributed by atoms with Gasteiger partial charge in [-0.15, -0.1) is 0 Å². The molecule has 1 heterocycles. The number of rotatable bonds is 4. The number of nitrogens with zero attached hydrogens (tertiary/aromatic N) is 1. The number of allylic oxidation sites excluding steroid dienone is 1. The number of fused-ring (bicyclic) bond motifs is 1. The van der Waals surface area contributed by atoms with E-state index in [2.05, 4.69) is 39.9 Å². The minimum atomic E-state index is -0.788. The molecular weight excluding hydrogens is 250 g/mol.